The molecule has 142 valence electrons. The fourth-order valence-electron chi connectivity index (χ4n) is 4.21. The molecule has 3 rings (SSSR count). The molecule has 6 heteroatoms. The molecule has 0 bridgehead atoms. The van der Waals surface area contributed by atoms with Crippen LogP contribution in [-0.4, -0.2) is 55.2 Å². The highest BCUT2D eigenvalue weighted by atomic mass is 16.5. The van der Waals surface area contributed by atoms with E-state index in [4.69, 9.17) is 4.74 Å². The minimum absolute atomic E-state index is 0.00440. The quantitative estimate of drug-likeness (QED) is 0.864. The summed E-state index contributed by atoms with van der Waals surface area (Å²) >= 11 is 0. The smallest absolute Gasteiger partial charge is 0.317 e. The third-order valence-corrected chi connectivity index (χ3v) is 5.43. The molecule has 2 fully saturated rings. The first-order chi connectivity index (χ1) is 12.4. The second kappa shape index (κ2) is 7.66. The minimum atomic E-state index is -0.178. The number of carbonyl (C=O) groups is 2. The first kappa shape index (κ1) is 18.7. The van der Waals surface area contributed by atoms with E-state index in [1.54, 1.807) is 4.90 Å². The third-order valence-electron chi connectivity index (χ3n) is 5.43. The lowest BCUT2D eigenvalue weighted by Gasteiger charge is -2.45. The van der Waals surface area contributed by atoms with Crippen molar-refractivity contribution in [2.24, 2.45) is 0 Å². The van der Waals surface area contributed by atoms with Gasteiger partial charge < -0.3 is 20.3 Å². The van der Waals surface area contributed by atoms with Crippen molar-refractivity contribution in [3.05, 3.63) is 35.9 Å². The molecule has 2 saturated heterocycles. The van der Waals surface area contributed by atoms with Crippen LogP contribution in [0.2, 0.25) is 0 Å². The Morgan fingerprint density at radius 1 is 1.31 bits per heavy atom. The molecular formula is C20H29N3O3. The van der Waals surface area contributed by atoms with Crippen molar-refractivity contribution in [3.63, 3.8) is 0 Å². The molecule has 2 heterocycles. The van der Waals surface area contributed by atoms with Crippen molar-refractivity contribution in [2.45, 2.75) is 44.1 Å². The van der Waals surface area contributed by atoms with Gasteiger partial charge in [0.2, 0.25) is 5.91 Å². The molecule has 2 aliphatic heterocycles. The van der Waals surface area contributed by atoms with Crippen LogP contribution in [-0.2, 0) is 14.9 Å². The Balaban J connectivity index is 1.65. The van der Waals surface area contributed by atoms with Gasteiger partial charge >= 0.3 is 6.03 Å². The molecule has 26 heavy (non-hydrogen) atoms. The van der Waals surface area contributed by atoms with Crippen molar-refractivity contribution in [2.75, 3.05) is 32.8 Å². The van der Waals surface area contributed by atoms with E-state index in [1.807, 2.05) is 6.07 Å². The van der Waals surface area contributed by atoms with Gasteiger partial charge in [0.15, 0.2) is 0 Å². The van der Waals surface area contributed by atoms with E-state index in [0.717, 1.165) is 25.9 Å². The van der Waals surface area contributed by atoms with Crippen LogP contribution in [0.25, 0.3) is 0 Å². The van der Waals surface area contributed by atoms with Crippen LogP contribution in [0.15, 0.2) is 30.3 Å². The normalized spacial score (nSPS) is 25.5. The molecule has 1 aromatic rings. The number of piperazine rings is 1. The van der Waals surface area contributed by atoms with Crippen LogP contribution in [0.3, 0.4) is 0 Å². The van der Waals surface area contributed by atoms with Gasteiger partial charge in [0.25, 0.3) is 0 Å². The van der Waals surface area contributed by atoms with E-state index >= 15 is 0 Å². The second-order valence-electron chi connectivity index (χ2n) is 7.93. The minimum Gasteiger partial charge on any atom is -0.376 e. The van der Waals surface area contributed by atoms with Gasteiger partial charge in [-0.05, 0) is 38.7 Å². The number of benzene rings is 1. The summed E-state index contributed by atoms with van der Waals surface area (Å²) in [6, 6.07) is 10.4. The molecule has 0 spiro atoms. The van der Waals surface area contributed by atoms with Crippen LogP contribution in [0.1, 0.15) is 38.7 Å². The maximum atomic E-state index is 12.4. The number of urea groups is 1. The molecule has 2 aliphatic rings. The zero-order chi connectivity index (χ0) is 18.6. The van der Waals surface area contributed by atoms with Crippen molar-refractivity contribution >= 4 is 11.9 Å². The van der Waals surface area contributed by atoms with Crippen molar-refractivity contribution < 1.29 is 14.3 Å². The van der Waals surface area contributed by atoms with Crippen molar-refractivity contribution in [1.29, 1.82) is 0 Å². The highest BCUT2D eigenvalue weighted by Gasteiger charge is 2.41. The summed E-state index contributed by atoms with van der Waals surface area (Å²) in [6.45, 7) is 6.79. The Bertz CT molecular complexity index is 647. The zero-order valence-corrected chi connectivity index (χ0v) is 15.7. The van der Waals surface area contributed by atoms with E-state index in [-0.39, 0.29) is 29.5 Å². The summed E-state index contributed by atoms with van der Waals surface area (Å²) < 4.78 is 5.94. The van der Waals surface area contributed by atoms with Crippen molar-refractivity contribution in [3.8, 4) is 0 Å². The number of amides is 3. The summed E-state index contributed by atoms with van der Waals surface area (Å²) in [5.41, 5.74) is 1.13. The maximum Gasteiger partial charge on any atom is 0.317 e. The molecule has 1 unspecified atom stereocenters. The van der Waals surface area contributed by atoms with Gasteiger partial charge in [0, 0.05) is 31.7 Å². The summed E-state index contributed by atoms with van der Waals surface area (Å²) in [6.07, 6.45) is 2.73. The Hall–Kier alpha value is -2.08. The van der Waals surface area contributed by atoms with Gasteiger partial charge in [-0.2, -0.15) is 0 Å². The average molecular weight is 359 g/mol. The fourth-order valence-corrected chi connectivity index (χ4v) is 4.21. The topological polar surface area (TPSA) is 70.7 Å². The summed E-state index contributed by atoms with van der Waals surface area (Å²) in [4.78, 5) is 25.4. The number of hydrogen-bond donors (Lipinski definition) is 2. The molecular weight excluding hydrogens is 330 g/mol. The largest absolute Gasteiger partial charge is 0.376 e. The monoisotopic (exact) mass is 359 g/mol. The first-order valence-corrected chi connectivity index (χ1v) is 9.39. The highest BCUT2D eigenvalue weighted by molar-refractivity contribution is 5.85. The van der Waals surface area contributed by atoms with Crippen LogP contribution in [0.5, 0.6) is 0 Å². The standard InChI is InChI=1S/C20H29N3O3/c1-19(2)15-20(9-13-26-19,16-6-4-3-5-7-16)8-10-22-18(25)23-12-11-21-17(24)14-23/h3-7H,8-15H2,1-2H3,(H,21,24)(H,22,25). The molecule has 2 N–H and O–H groups in total. The molecule has 6 nitrogen and oxygen atoms in total. The van der Waals surface area contributed by atoms with Gasteiger partial charge in [-0.1, -0.05) is 30.3 Å². The van der Waals surface area contributed by atoms with E-state index in [1.165, 1.54) is 5.56 Å². The van der Waals surface area contributed by atoms with Crippen LogP contribution >= 0.6 is 0 Å². The van der Waals surface area contributed by atoms with Crippen LogP contribution in [0.4, 0.5) is 4.79 Å². The van der Waals surface area contributed by atoms with E-state index < -0.39 is 0 Å². The molecule has 3 amide bonds. The van der Waals surface area contributed by atoms with E-state index in [2.05, 4.69) is 48.7 Å². The summed E-state index contributed by atoms with van der Waals surface area (Å²) in [5.74, 6) is -0.0988. The predicted octanol–water partition coefficient (Wildman–Crippen LogP) is 2.04. The highest BCUT2D eigenvalue weighted by Crippen LogP contribution is 2.43. The van der Waals surface area contributed by atoms with Gasteiger partial charge in [-0.3, -0.25) is 4.79 Å². The molecule has 0 saturated carbocycles. The molecule has 0 radical (unpaired) electrons. The van der Waals surface area contributed by atoms with Gasteiger partial charge in [0.1, 0.15) is 6.54 Å². The molecule has 1 atom stereocenters. The lowest BCUT2D eigenvalue weighted by Crippen LogP contribution is -2.53. The van der Waals surface area contributed by atoms with Crippen LogP contribution in [0, 0.1) is 0 Å². The second-order valence-corrected chi connectivity index (χ2v) is 7.93. The number of ether oxygens (including phenoxy) is 1. The Morgan fingerprint density at radius 3 is 2.77 bits per heavy atom. The number of carbonyl (C=O) groups excluding carboxylic acids is 2. The lowest BCUT2D eigenvalue weighted by molar-refractivity contribution is -0.123. The molecule has 0 aliphatic carbocycles. The maximum absolute atomic E-state index is 12.4. The molecule has 0 aromatic heterocycles. The number of nitrogens with zero attached hydrogens (tertiary/aromatic N) is 1. The number of rotatable bonds is 4. The predicted molar refractivity (Wildman–Crippen MR) is 100.0 cm³/mol. The Morgan fingerprint density at radius 2 is 2.08 bits per heavy atom. The first-order valence-electron chi connectivity index (χ1n) is 9.39. The Kier molecular flexibility index (Phi) is 5.51. The van der Waals surface area contributed by atoms with Crippen molar-refractivity contribution in [1.82, 2.24) is 15.5 Å². The lowest BCUT2D eigenvalue weighted by atomic mass is 9.67. The van der Waals surface area contributed by atoms with Crippen LogP contribution < -0.4 is 10.6 Å². The van der Waals surface area contributed by atoms with E-state index in [9.17, 15) is 9.59 Å². The number of nitrogens with one attached hydrogen (secondary N) is 2. The number of hydrogen-bond acceptors (Lipinski definition) is 3. The SMILES string of the molecule is CC1(C)CC(CCNC(=O)N2CCNC(=O)C2)(c2ccccc2)CCO1. The Labute approximate surface area is 155 Å². The molecule has 1 aromatic carbocycles. The zero-order valence-electron chi connectivity index (χ0n) is 15.7. The fraction of sp³-hybridized carbons (Fsp3) is 0.600. The summed E-state index contributed by atoms with van der Waals surface area (Å²) in [7, 11) is 0. The van der Waals surface area contributed by atoms with Gasteiger partial charge in [-0.15, -0.1) is 0 Å². The third kappa shape index (κ3) is 4.36. The average Bonchev–Trinajstić information content (AvgIpc) is 2.61. The summed E-state index contributed by atoms with van der Waals surface area (Å²) in [5, 5.41) is 5.74. The van der Waals surface area contributed by atoms with E-state index in [0.29, 0.717) is 19.6 Å². The van der Waals surface area contributed by atoms with Gasteiger partial charge in [0.05, 0.1) is 5.60 Å². The van der Waals surface area contributed by atoms with Gasteiger partial charge in [-0.25, -0.2) is 4.79 Å².